The zero-order chi connectivity index (χ0) is 18.8. The average Bonchev–Trinajstić information content (AvgIpc) is 3.17. The Kier molecular flexibility index (Phi) is 4.42. The van der Waals surface area contributed by atoms with Crippen LogP contribution in [0.4, 0.5) is 0 Å². The van der Waals surface area contributed by atoms with Crippen molar-refractivity contribution >= 4 is 11.1 Å². The van der Waals surface area contributed by atoms with Crippen molar-refractivity contribution in [3.8, 4) is 39.8 Å². The zero-order valence-corrected chi connectivity index (χ0v) is 15.4. The van der Waals surface area contributed by atoms with Crippen LogP contribution in [0.15, 0.2) is 65.1 Å². The highest BCUT2D eigenvalue weighted by Gasteiger charge is 2.17. The van der Waals surface area contributed by atoms with Crippen molar-refractivity contribution in [2.75, 3.05) is 21.3 Å². The Morgan fingerprint density at radius 3 is 2.07 bits per heavy atom. The number of rotatable bonds is 5. The number of benzene rings is 3. The molecule has 0 saturated carbocycles. The molecule has 4 rings (SSSR count). The van der Waals surface area contributed by atoms with Gasteiger partial charge in [-0.3, -0.25) is 0 Å². The number of aromatic nitrogens is 1. The highest BCUT2D eigenvalue weighted by molar-refractivity contribution is 5.93. The minimum absolute atomic E-state index is 0.557. The lowest BCUT2D eigenvalue weighted by Gasteiger charge is -2.14. The van der Waals surface area contributed by atoms with Gasteiger partial charge in [-0.1, -0.05) is 30.3 Å². The minimum Gasteiger partial charge on any atom is -0.493 e. The van der Waals surface area contributed by atoms with Crippen LogP contribution >= 0.6 is 0 Å². The molecule has 5 heteroatoms. The van der Waals surface area contributed by atoms with E-state index in [0.29, 0.717) is 23.1 Å². The standard InChI is InChI=1S/C22H19NO4/c1-24-18-12-15(13-19(25-2)21(18)26-3)16-10-7-11-17-20(16)23-22(27-17)14-8-5-4-6-9-14/h4-13H,1-3H3. The maximum absolute atomic E-state index is 5.98. The molecule has 0 amide bonds. The maximum atomic E-state index is 5.98. The Morgan fingerprint density at radius 1 is 0.741 bits per heavy atom. The Bertz CT molecular complexity index is 1060. The van der Waals surface area contributed by atoms with Gasteiger partial charge in [-0.05, 0) is 35.9 Å². The van der Waals surface area contributed by atoms with Crippen LogP contribution in [0.2, 0.25) is 0 Å². The molecule has 0 radical (unpaired) electrons. The van der Waals surface area contributed by atoms with Gasteiger partial charge in [0, 0.05) is 11.1 Å². The molecule has 5 nitrogen and oxygen atoms in total. The molecule has 0 saturated heterocycles. The van der Waals surface area contributed by atoms with E-state index in [9.17, 15) is 0 Å². The summed E-state index contributed by atoms with van der Waals surface area (Å²) in [5.41, 5.74) is 4.27. The van der Waals surface area contributed by atoms with Gasteiger partial charge < -0.3 is 18.6 Å². The molecule has 136 valence electrons. The molecule has 3 aromatic carbocycles. The summed E-state index contributed by atoms with van der Waals surface area (Å²) in [6.45, 7) is 0. The van der Waals surface area contributed by atoms with Crippen LogP contribution in [0.5, 0.6) is 17.2 Å². The van der Waals surface area contributed by atoms with E-state index in [0.717, 1.165) is 27.8 Å². The van der Waals surface area contributed by atoms with Gasteiger partial charge >= 0.3 is 0 Å². The fourth-order valence-electron chi connectivity index (χ4n) is 3.12. The summed E-state index contributed by atoms with van der Waals surface area (Å²) in [7, 11) is 4.79. The van der Waals surface area contributed by atoms with E-state index in [-0.39, 0.29) is 0 Å². The first-order chi connectivity index (χ1) is 13.2. The summed E-state index contributed by atoms with van der Waals surface area (Å²) < 4.78 is 22.3. The minimum atomic E-state index is 0.557. The molecule has 27 heavy (non-hydrogen) atoms. The van der Waals surface area contributed by atoms with Gasteiger partial charge in [-0.25, -0.2) is 4.98 Å². The molecule has 0 aliphatic rings. The van der Waals surface area contributed by atoms with Gasteiger partial charge in [-0.2, -0.15) is 0 Å². The van der Waals surface area contributed by atoms with Crippen LogP contribution in [0.1, 0.15) is 0 Å². The molecule has 0 aliphatic carbocycles. The maximum Gasteiger partial charge on any atom is 0.227 e. The molecule has 0 N–H and O–H groups in total. The van der Waals surface area contributed by atoms with Crippen molar-refractivity contribution in [3.05, 3.63) is 60.7 Å². The Labute approximate surface area is 157 Å². The monoisotopic (exact) mass is 361 g/mol. The zero-order valence-electron chi connectivity index (χ0n) is 15.4. The van der Waals surface area contributed by atoms with E-state index >= 15 is 0 Å². The normalized spacial score (nSPS) is 10.8. The van der Waals surface area contributed by atoms with Gasteiger partial charge in [0.1, 0.15) is 5.52 Å². The van der Waals surface area contributed by atoms with Crippen molar-refractivity contribution in [2.45, 2.75) is 0 Å². The second kappa shape index (κ2) is 7.03. The van der Waals surface area contributed by atoms with E-state index in [4.69, 9.17) is 23.6 Å². The predicted molar refractivity (Wildman–Crippen MR) is 105 cm³/mol. The topological polar surface area (TPSA) is 53.7 Å². The summed E-state index contributed by atoms with van der Waals surface area (Å²) in [5.74, 6) is 2.33. The Hall–Kier alpha value is -3.47. The van der Waals surface area contributed by atoms with E-state index in [1.807, 2.05) is 60.7 Å². The molecule has 0 bridgehead atoms. The van der Waals surface area contributed by atoms with Gasteiger partial charge in [0.2, 0.25) is 11.6 Å². The molecular weight excluding hydrogens is 342 g/mol. The number of fused-ring (bicyclic) bond motifs is 1. The first-order valence-corrected chi connectivity index (χ1v) is 8.50. The van der Waals surface area contributed by atoms with Crippen LogP contribution in [-0.4, -0.2) is 26.3 Å². The van der Waals surface area contributed by atoms with Crippen molar-refractivity contribution < 1.29 is 18.6 Å². The van der Waals surface area contributed by atoms with Crippen LogP contribution in [0.25, 0.3) is 33.7 Å². The van der Waals surface area contributed by atoms with Gasteiger partial charge in [-0.15, -0.1) is 0 Å². The molecule has 1 aromatic heterocycles. The number of oxazole rings is 1. The van der Waals surface area contributed by atoms with Crippen molar-refractivity contribution in [1.82, 2.24) is 4.98 Å². The number of para-hydroxylation sites is 1. The highest BCUT2D eigenvalue weighted by atomic mass is 16.5. The van der Waals surface area contributed by atoms with Crippen LogP contribution in [0, 0.1) is 0 Å². The van der Waals surface area contributed by atoms with Crippen molar-refractivity contribution in [1.29, 1.82) is 0 Å². The average molecular weight is 361 g/mol. The summed E-state index contributed by atoms with van der Waals surface area (Å²) in [6.07, 6.45) is 0. The molecule has 0 unspecified atom stereocenters. The van der Waals surface area contributed by atoms with Crippen LogP contribution in [0.3, 0.4) is 0 Å². The molecule has 1 heterocycles. The number of hydrogen-bond acceptors (Lipinski definition) is 5. The molecule has 0 fully saturated rings. The third-order valence-electron chi connectivity index (χ3n) is 4.42. The highest BCUT2D eigenvalue weighted by Crippen LogP contribution is 2.42. The first-order valence-electron chi connectivity index (χ1n) is 8.50. The first kappa shape index (κ1) is 17.0. The van der Waals surface area contributed by atoms with Gasteiger partial charge in [0.05, 0.1) is 21.3 Å². The van der Waals surface area contributed by atoms with Gasteiger partial charge in [0.15, 0.2) is 17.1 Å². The van der Waals surface area contributed by atoms with Crippen LogP contribution < -0.4 is 14.2 Å². The lowest BCUT2D eigenvalue weighted by atomic mass is 10.0. The Balaban J connectivity index is 1.91. The number of nitrogens with zero attached hydrogens (tertiary/aromatic N) is 1. The number of methoxy groups -OCH3 is 3. The second-order valence-corrected chi connectivity index (χ2v) is 5.95. The lowest BCUT2D eigenvalue weighted by molar-refractivity contribution is 0.324. The Morgan fingerprint density at radius 2 is 1.44 bits per heavy atom. The smallest absolute Gasteiger partial charge is 0.227 e. The fourth-order valence-corrected chi connectivity index (χ4v) is 3.12. The molecule has 4 aromatic rings. The molecule has 0 spiro atoms. The molecule has 0 aliphatic heterocycles. The van der Waals surface area contributed by atoms with E-state index < -0.39 is 0 Å². The number of ether oxygens (including phenoxy) is 3. The molecular formula is C22H19NO4. The third-order valence-corrected chi connectivity index (χ3v) is 4.42. The summed E-state index contributed by atoms with van der Waals surface area (Å²) >= 11 is 0. The SMILES string of the molecule is COc1cc(-c2cccc3oc(-c4ccccc4)nc23)cc(OC)c1OC. The largest absolute Gasteiger partial charge is 0.493 e. The second-order valence-electron chi connectivity index (χ2n) is 5.95. The van der Waals surface area contributed by atoms with E-state index in [1.54, 1.807) is 21.3 Å². The quantitative estimate of drug-likeness (QED) is 0.490. The molecule has 0 atom stereocenters. The van der Waals surface area contributed by atoms with Crippen molar-refractivity contribution in [3.63, 3.8) is 0 Å². The van der Waals surface area contributed by atoms with E-state index in [1.165, 1.54) is 0 Å². The fraction of sp³-hybridized carbons (Fsp3) is 0.136. The predicted octanol–water partition coefficient (Wildman–Crippen LogP) is 5.19. The lowest BCUT2D eigenvalue weighted by Crippen LogP contribution is -1.96. The number of hydrogen-bond donors (Lipinski definition) is 0. The van der Waals surface area contributed by atoms with E-state index in [2.05, 4.69) is 0 Å². The third kappa shape index (κ3) is 2.97. The van der Waals surface area contributed by atoms with Crippen LogP contribution in [-0.2, 0) is 0 Å². The summed E-state index contributed by atoms with van der Waals surface area (Å²) in [4.78, 5) is 4.73. The van der Waals surface area contributed by atoms with Crippen molar-refractivity contribution in [2.24, 2.45) is 0 Å². The van der Waals surface area contributed by atoms with Gasteiger partial charge in [0.25, 0.3) is 0 Å². The summed E-state index contributed by atoms with van der Waals surface area (Å²) in [6, 6.07) is 19.5. The summed E-state index contributed by atoms with van der Waals surface area (Å²) in [5, 5.41) is 0.